The summed E-state index contributed by atoms with van der Waals surface area (Å²) in [7, 11) is 0. The van der Waals surface area contributed by atoms with Crippen LogP contribution in [0.4, 0.5) is 5.69 Å². The van der Waals surface area contributed by atoms with Crippen molar-refractivity contribution in [2.75, 3.05) is 31.2 Å². The van der Waals surface area contributed by atoms with E-state index in [1.807, 2.05) is 19.1 Å². The minimum Gasteiger partial charge on any atom is -0.488 e. The largest absolute Gasteiger partial charge is 0.488 e. The summed E-state index contributed by atoms with van der Waals surface area (Å²) in [6.07, 6.45) is 2.29. The second kappa shape index (κ2) is 7.15. The number of benzene rings is 1. The van der Waals surface area contributed by atoms with Crippen molar-refractivity contribution in [2.45, 2.75) is 26.7 Å². The highest BCUT2D eigenvalue weighted by Gasteiger charge is 2.23. The van der Waals surface area contributed by atoms with Gasteiger partial charge in [0.1, 0.15) is 6.61 Å². The van der Waals surface area contributed by atoms with Crippen molar-refractivity contribution >= 4 is 34.2 Å². The molecule has 110 valence electrons. The Kier molecular flexibility index (Phi) is 5.51. The average Bonchev–Trinajstić information content (AvgIpc) is 2.45. The van der Waals surface area contributed by atoms with Gasteiger partial charge in [0, 0.05) is 6.54 Å². The van der Waals surface area contributed by atoms with E-state index in [0.717, 1.165) is 40.9 Å². The Bertz CT molecular complexity index is 490. The molecule has 0 spiro atoms. The second-order valence-electron chi connectivity index (χ2n) is 4.72. The minimum absolute atomic E-state index is 0.269. The molecule has 1 aliphatic rings. The van der Waals surface area contributed by atoms with E-state index in [0.29, 0.717) is 18.8 Å². The summed E-state index contributed by atoms with van der Waals surface area (Å²) >= 11 is 2.22. The molecule has 0 bridgehead atoms. The van der Waals surface area contributed by atoms with Crippen LogP contribution in [0.1, 0.15) is 37.0 Å². The molecule has 0 amide bonds. The first-order valence-electron chi connectivity index (χ1n) is 7.05. The molecule has 0 saturated heterocycles. The molecule has 1 aromatic carbocycles. The molecule has 0 atom stereocenters. The van der Waals surface area contributed by atoms with Crippen LogP contribution in [0.15, 0.2) is 12.1 Å². The lowest BCUT2D eigenvalue weighted by molar-refractivity contribution is 0.0526. The lowest BCUT2D eigenvalue weighted by Crippen LogP contribution is -2.34. The number of carbonyl (C=O) groups is 1. The third-order valence-electron chi connectivity index (χ3n) is 3.27. The predicted molar refractivity (Wildman–Crippen MR) is 87.7 cm³/mol. The van der Waals surface area contributed by atoms with Crippen LogP contribution in [-0.4, -0.2) is 32.3 Å². The van der Waals surface area contributed by atoms with Crippen molar-refractivity contribution in [1.82, 2.24) is 0 Å². The third kappa shape index (κ3) is 3.37. The first-order valence-corrected chi connectivity index (χ1v) is 8.13. The average molecular weight is 389 g/mol. The quantitative estimate of drug-likeness (QED) is 0.571. The van der Waals surface area contributed by atoms with Gasteiger partial charge in [0.05, 0.1) is 28.0 Å². The van der Waals surface area contributed by atoms with Crippen molar-refractivity contribution in [3.63, 3.8) is 0 Å². The van der Waals surface area contributed by atoms with Crippen molar-refractivity contribution in [1.29, 1.82) is 0 Å². The molecular weight excluding hydrogens is 369 g/mol. The monoisotopic (exact) mass is 389 g/mol. The van der Waals surface area contributed by atoms with Crippen LogP contribution in [0, 0.1) is 3.57 Å². The molecule has 1 heterocycles. The van der Waals surface area contributed by atoms with Crippen molar-refractivity contribution < 1.29 is 14.3 Å². The molecule has 2 rings (SSSR count). The first kappa shape index (κ1) is 15.4. The lowest BCUT2D eigenvalue weighted by atomic mass is 10.1. The Labute approximate surface area is 133 Å². The Hall–Kier alpha value is -0.980. The summed E-state index contributed by atoms with van der Waals surface area (Å²) < 4.78 is 11.8. The maximum atomic E-state index is 11.9. The van der Waals surface area contributed by atoms with Gasteiger partial charge < -0.3 is 14.4 Å². The molecule has 0 radical (unpaired) electrons. The SMILES string of the molecule is CCCCN1CCOc2c(I)cc(C(=O)OCC)cc21. The number of esters is 1. The van der Waals surface area contributed by atoms with Gasteiger partial charge >= 0.3 is 5.97 Å². The maximum absolute atomic E-state index is 11.9. The highest BCUT2D eigenvalue weighted by Crippen LogP contribution is 2.37. The number of anilines is 1. The molecular formula is C15H20INO3. The third-order valence-corrected chi connectivity index (χ3v) is 4.07. The number of nitrogens with zero attached hydrogens (tertiary/aromatic N) is 1. The number of ether oxygens (including phenoxy) is 2. The van der Waals surface area contributed by atoms with Crippen molar-refractivity contribution in [3.05, 3.63) is 21.3 Å². The highest BCUT2D eigenvalue weighted by molar-refractivity contribution is 14.1. The van der Waals surface area contributed by atoms with Crippen molar-refractivity contribution in [3.8, 4) is 5.75 Å². The Balaban J connectivity index is 2.32. The highest BCUT2D eigenvalue weighted by atomic mass is 127. The predicted octanol–water partition coefficient (Wildman–Crippen LogP) is 3.47. The molecule has 0 unspecified atom stereocenters. The van der Waals surface area contributed by atoms with E-state index in [4.69, 9.17) is 9.47 Å². The van der Waals surface area contributed by atoms with E-state index in [1.54, 1.807) is 0 Å². The molecule has 1 aliphatic heterocycles. The number of halogens is 1. The van der Waals surface area contributed by atoms with Gasteiger partial charge in [-0.1, -0.05) is 13.3 Å². The summed E-state index contributed by atoms with van der Waals surface area (Å²) in [5.74, 6) is 0.621. The maximum Gasteiger partial charge on any atom is 0.338 e. The van der Waals surface area contributed by atoms with Crippen LogP contribution in [-0.2, 0) is 4.74 Å². The van der Waals surface area contributed by atoms with Gasteiger partial charge in [0.2, 0.25) is 0 Å². The molecule has 20 heavy (non-hydrogen) atoms. The van der Waals surface area contributed by atoms with Crippen molar-refractivity contribution in [2.24, 2.45) is 0 Å². The lowest BCUT2D eigenvalue weighted by Gasteiger charge is -2.32. The van der Waals surface area contributed by atoms with Gasteiger partial charge in [-0.05, 0) is 48.1 Å². The first-order chi connectivity index (χ1) is 9.67. The molecule has 4 nitrogen and oxygen atoms in total. The minimum atomic E-state index is -0.269. The molecule has 0 saturated carbocycles. The van der Waals surface area contributed by atoms with Gasteiger partial charge in [0.25, 0.3) is 0 Å². The van der Waals surface area contributed by atoms with E-state index < -0.39 is 0 Å². The van der Waals surface area contributed by atoms with E-state index in [2.05, 4.69) is 34.4 Å². The standard InChI is InChI=1S/C15H20INO3/c1-3-5-6-17-7-8-20-14-12(16)9-11(10-13(14)17)15(18)19-4-2/h9-10H,3-8H2,1-2H3. The number of unbranched alkanes of at least 4 members (excludes halogenated alkanes) is 1. The van der Waals surface area contributed by atoms with Gasteiger partial charge in [-0.3, -0.25) is 0 Å². The molecule has 0 N–H and O–H groups in total. The number of rotatable bonds is 5. The summed E-state index contributed by atoms with van der Waals surface area (Å²) in [6, 6.07) is 3.73. The molecule has 1 aromatic rings. The number of hydrogen-bond donors (Lipinski definition) is 0. The number of carbonyl (C=O) groups excluding carboxylic acids is 1. The van der Waals surface area contributed by atoms with Gasteiger partial charge in [-0.15, -0.1) is 0 Å². The second-order valence-corrected chi connectivity index (χ2v) is 5.88. The molecule has 0 fully saturated rings. The molecule has 5 heteroatoms. The normalized spacial score (nSPS) is 13.7. The van der Waals surface area contributed by atoms with E-state index >= 15 is 0 Å². The zero-order chi connectivity index (χ0) is 14.5. The van der Waals surface area contributed by atoms with Crippen LogP contribution in [0.3, 0.4) is 0 Å². The number of fused-ring (bicyclic) bond motifs is 1. The Morgan fingerprint density at radius 3 is 2.95 bits per heavy atom. The van der Waals surface area contributed by atoms with E-state index in [1.165, 1.54) is 0 Å². The Morgan fingerprint density at radius 2 is 2.25 bits per heavy atom. The van der Waals surface area contributed by atoms with Crippen LogP contribution in [0.25, 0.3) is 0 Å². The summed E-state index contributed by atoms with van der Waals surface area (Å²) in [5, 5.41) is 0. The fraction of sp³-hybridized carbons (Fsp3) is 0.533. The van der Waals surface area contributed by atoms with Crippen LogP contribution in [0.2, 0.25) is 0 Å². The molecule has 0 aromatic heterocycles. The summed E-state index contributed by atoms with van der Waals surface area (Å²) in [4.78, 5) is 14.2. The summed E-state index contributed by atoms with van der Waals surface area (Å²) in [5.41, 5.74) is 1.61. The smallest absolute Gasteiger partial charge is 0.338 e. The zero-order valence-electron chi connectivity index (χ0n) is 11.9. The zero-order valence-corrected chi connectivity index (χ0v) is 14.1. The topological polar surface area (TPSA) is 38.8 Å². The molecule has 0 aliphatic carbocycles. The van der Waals surface area contributed by atoms with E-state index in [-0.39, 0.29) is 5.97 Å². The van der Waals surface area contributed by atoms with Crippen LogP contribution < -0.4 is 9.64 Å². The van der Waals surface area contributed by atoms with Gasteiger partial charge in [-0.2, -0.15) is 0 Å². The van der Waals surface area contributed by atoms with Gasteiger partial charge in [-0.25, -0.2) is 4.79 Å². The van der Waals surface area contributed by atoms with Crippen LogP contribution in [0.5, 0.6) is 5.75 Å². The Morgan fingerprint density at radius 1 is 1.45 bits per heavy atom. The van der Waals surface area contributed by atoms with Gasteiger partial charge in [0.15, 0.2) is 5.75 Å². The van der Waals surface area contributed by atoms with Crippen LogP contribution >= 0.6 is 22.6 Å². The number of hydrogen-bond acceptors (Lipinski definition) is 4. The van der Waals surface area contributed by atoms with E-state index in [9.17, 15) is 4.79 Å². The summed E-state index contributed by atoms with van der Waals surface area (Å²) in [6.45, 7) is 6.96. The fourth-order valence-electron chi connectivity index (χ4n) is 2.25. The fourth-order valence-corrected chi connectivity index (χ4v) is 3.02.